The highest BCUT2D eigenvalue weighted by molar-refractivity contribution is 5.77. The quantitative estimate of drug-likeness (QED) is 0.821. The topological polar surface area (TPSA) is 80.4 Å². The summed E-state index contributed by atoms with van der Waals surface area (Å²) in [4.78, 5) is 23.3. The number of amides is 1. The van der Waals surface area contributed by atoms with E-state index in [1.807, 2.05) is 0 Å². The highest BCUT2D eigenvalue weighted by Gasteiger charge is 2.67. The van der Waals surface area contributed by atoms with Gasteiger partial charge in [-0.1, -0.05) is 13.8 Å². The second-order valence-electron chi connectivity index (χ2n) is 8.41. The van der Waals surface area contributed by atoms with Gasteiger partial charge in [0.2, 0.25) is 5.91 Å². The summed E-state index contributed by atoms with van der Waals surface area (Å²) in [6, 6.07) is 0. The SMILES string of the molecule is CC12CC3(C)CC(CC(N)=O)(C1)CC(C(=O)O)(C2)C3. The van der Waals surface area contributed by atoms with Gasteiger partial charge in [-0.25, -0.2) is 0 Å². The molecule has 0 aromatic carbocycles. The summed E-state index contributed by atoms with van der Waals surface area (Å²) < 4.78 is 0. The van der Waals surface area contributed by atoms with Crippen LogP contribution in [-0.4, -0.2) is 17.0 Å². The number of carboxylic acid groups (broad SMARTS) is 1. The van der Waals surface area contributed by atoms with Crippen molar-refractivity contribution in [3.8, 4) is 0 Å². The largest absolute Gasteiger partial charge is 0.481 e. The minimum atomic E-state index is -0.669. The molecule has 0 spiro atoms. The Bertz CT molecular complexity index is 452. The molecule has 4 rings (SSSR count). The molecule has 0 aromatic heterocycles. The third kappa shape index (κ3) is 1.79. The van der Waals surface area contributed by atoms with Crippen LogP contribution >= 0.6 is 0 Å². The number of hydrogen-bond donors (Lipinski definition) is 2. The lowest BCUT2D eigenvalue weighted by atomic mass is 9.35. The number of carbonyl (C=O) groups is 2. The molecule has 4 saturated carbocycles. The first-order valence-electron chi connectivity index (χ1n) is 7.12. The number of carbonyl (C=O) groups excluding carboxylic acids is 1. The summed E-state index contributed by atoms with van der Waals surface area (Å²) in [5.74, 6) is -0.951. The Kier molecular flexibility index (Phi) is 2.27. The zero-order chi connectivity index (χ0) is 14.1. The van der Waals surface area contributed by atoms with Crippen molar-refractivity contribution in [3.05, 3.63) is 0 Å². The van der Waals surface area contributed by atoms with Gasteiger partial charge in [0.1, 0.15) is 0 Å². The van der Waals surface area contributed by atoms with E-state index in [9.17, 15) is 14.7 Å². The molecule has 4 heteroatoms. The fourth-order valence-corrected chi connectivity index (χ4v) is 6.73. The predicted molar refractivity (Wildman–Crippen MR) is 70.2 cm³/mol. The van der Waals surface area contributed by atoms with E-state index in [4.69, 9.17) is 5.73 Å². The first-order valence-corrected chi connectivity index (χ1v) is 7.12. The average molecular weight is 265 g/mol. The molecule has 4 aliphatic carbocycles. The molecular formula is C15H23NO3. The Morgan fingerprint density at radius 1 is 1.00 bits per heavy atom. The van der Waals surface area contributed by atoms with Crippen LogP contribution < -0.4 is 5.73 Å². The molecule has 19 heavy (non-hydrogen) atoms. The van der Waals surface area contributed by atoms with Crippen LogP contribution in [0.3, 0.4) is 0 Å². The summed E-state index contributed by atoms with van der Waals surface area (Å²) in [7, 11) is 0. The van der Waals surface area contributed by atoms with Gasteiger partial charge in [0.15, 0.2) is 0 Å². The smallest absolute Gasteiger partial charge is 0.309 e. The van der Waals surface area contributed by atoms with Gasteiger partial charge in [0.05, 0.1) is 5.41 Å². The van der Waals surface area contributed by atoms with Crippen molar-refractivity contribution < 1.29 is 14.7 Å². The minimum Gasteiger partial charge on any atom is -0.481 e. The third-order valence-corrected chi connectivity index (χ3v) is 5.70. The summed E-state index contributed by atoms with van der Waals surface area (Å²) in [6.45, 7) is 4.41. The summed E-state index contributed by atoms with van der Waals surface area (Å²) in [5.41, 5.74) is 4.79. The van der Waals surface area contributed by atoms with E-state index in [0.717, 1.165) is 32.1 Å². The van der Waals surface area contributed by atoms with Gasteiger partial charge < -0.3 is 10.8 Å². The Balaban J connectivity index is 2.06. The summed E-state index contributed by atoms with van der Waals surface area (Å²) in [5, 5.41) is 9.74. The lowest BCUT2D eigenvalue weighted by Gasteiger charge is -2.68. The highest BCUT2D eigenvalue weighted by Crippen LogP contribution is 2.74. The fraction of sp³-hybridized carbons (Fsp3) is 0.867. The Morgan fingerprint density at radius 2 is 1.53 bits per heavy atom. The van der Waals surface area contributed by atoms with E-state index in [1.54, 1.807) is 0 Å². The maximum atomic E-state index is 11.8. The average Bonchev–Trinajstić information content (AvgIpc) is 2.07. The van der Waals surface area contributed by atoms with Crippen LogP contribution in [0.15, 0.2) is 0 Å². The molecule has 0 radical (unpaired) electrons. The fourth-order valence-electron chi connectivity index (χ4n) is 6.73. The van der Waals surface area contributed by atoms with Gasteiger partial charge >= 0.3 is 5.97 Å². The Labute approximate surface area is 113 Å². The predicted octanol–water partition coefficient (Wildman–Crippen LogP) is 2.31. The van der Waals surface area contributed by atoms with Gasteiger partial charge in [-0.15, -0.1) is 0 Å². The molecule has 2 atom stereocenters. The zero-order valence-electron chi connectivity index (χ0n) is 11.8. The summed E-state index contributed by atoms with van der Waals surface area (Å²) in [6.07, 6.45) is 5.56. The number of primary amides is 1. The number of hydrogen-bond acceptors (Lipinski definition) is 2. The molecule has 0 heterocycles. The second kappa shape index (κ2) is 3.33. The van der Waals surface area contributed by atoms with Crippen LogP contribution in [0.2, 0.25) is 0 Å². The number of carboxylic acids is 1. The van der Waals surface area contributed by atoms with Crippen LogP contribution in [0.25, 0.3) is 0 Å². The molecule has 0 saturated heterocycles. The number of nitrogens with two attached hydrogens (primary N) is 1. The second-order valence-corrected chi connectivity index (χ2v) is 8.41. The first-order chi connectivity index (χ1) is 8.60. The normalized spacial score (nSPS) is 51.3. The Hall–Kier alpha value is -1.06. The molecule has 4 aliphatic rings. The van der Waals surface area contributed by atoms with E-state index in [0.29, 0.717) is 12.8 Å². The first kappa shape index (κ1) is 12.9. The van der Waals surface area contributed by atoms with Gasteiger partial charge in [0, 0.05) is 6.42 Å². The van der Waals surface area contributed by atoms with Crippen molar-refractivity contribution >= 4 is 11.9 Å². The molecule has 106 valence electrons. The van der Waals surface area contributed by atoms with E-state index in [-0.39, 0.29) is 22.2 Å². The minimum absolute atomic E-state index is 0.0668. The van der Waals surface area contributed by atoms with Gasteiger partial charge in [-0.2, -0.15) is 0 Å². The highest BCUT2D eigenvalue weighted by atomic mass is 16.4. The maximum Gasteiger partial charge on any atom is 0.309 e. The summed E-state index contributed by atoms with van der Waals surface area (Å²) >= 11 is 0. The van der Waals surface area contributed by atoms with E-state index in [1.165, 1.54) is 0 Å². The van der Waals surface area contributed by atoms with Gasteiger partial charge in [0.25, 0.3) is 0 Å². The van der Waals surface area contributed by atoms with Crippen molar-refractivity contribution in [1.29, 1.82) is 0 Å². The third-order valence-electron chi connectivity index (χ3n) is 5.70. The van der Waals surface area contributed by atoms with E-state index < -0.39 is 11.4 Å². The van der Waals surface area contributed by atoms with Crippen molar-refractivity contribution in [1.82, 2.24) is 0 Å². The molecule has 0 aliphatic heterocycles. The van der Waals surface area contributed by atoms with Gasteiger partial charge in [-0.3, -0.25) is 9.59 Å². The van der Waals surface area contributed by atoms with Crippen LogP contribution in [0.4, 0.5) is 0 Å². The Morgan fingerprint density at radius 3 is 1.95 bits per heavy atom. The van der Waals surface area contributed by atoms with Crippen molar-refractivity contribution in [2.75, 3.05) is 0 Å². The van der Waals surface area contributed by atoms with Crippen molar-refractivity contribution in [2.24, 2.45) is 27.4 Å². The maximum absolute atomic E-state index is 11.8. The molecule has 2 unspecified atom stereocenters. The standard InChI is InChI=1S/C15H23NO3/c1-12-4-13(2)6-14(5-12,3-10(16)17)9-15(7-12,8-13)11(18)19/h3-9H2,1-2H3,(H2,16,17)(H,18,19). The van der Waals surface area contributed by atoms with Crippen molar-refractivity contribution in [2.45, 2.75) is 58.8 Å². The van der Waals surface area contributed by atoms with Crippen LogP contribution in [-0.2, 0) is 9.59 Å². The molecule has 4 nitrogen and oxygen atoms in total. The molecule has 0 aromatic rings. The number of rotatable bonds is 3. The molecule has 1 amide bonds. The van der Waals surface area contributed by atoms with E-state index in [2.05, 4.69) is 13.8 Å². The van der Waals surface area contributed by atoms with Crippen LogP contribution in [0.1, 0.15) is 58.8 Å². The van der Waals surface area contributed by atoms with Crippen molar-refractivity contribution in [3.63, 3.8) is 0 Å². The van der Waals surface area contributed by atoms with Gasteiger partial charge in [-0.05, 0) is 54.8 Å². The number of aliphatic carboxylic acids is 1. The van der Waals surface area contributed by atoms with E-state index >= 15 is 0 Å². The molecular weight excluding hydrogens is 242 g/mol. The zero-order valence-corrected chi connectivity index (χ0v) is 11.8. The lowest BCUT2D eigenvalue weighted by molar-refractivity contribution is -0.209. The molecule has 3 N–H and O–H groups in total. The van der Waals surface area contributed by atoms with Crippen LogP contribution in [0, 0.1) is 21.7 Å². The monoisotopic (exact) mass is 265 g/mol. The lowest BCUT2D eigenvalue weighted by Crippen LogP contribution is -2.62. The molecule has 4 bridgehead atoms. The van der Waals surface area contributed by atoms with Crippen LogP contribution in [0.5, 0.6) is 0 Å². The molecule has 4 fully saturated rings.